The van der Waals surface area contributed by atoms with Gasteiger partial charge < -0.3 is 14.4 Å². The zero-order valence-corrected chi connectivity index (χ0v) is 14.5. The molecule has 0 saturated heterocycles. The van der Waals surface area contributed by atoms with Gasteiger partial charge in [-0.1, -0.05) is 30.0 Å². The first-order chi connectivity index (χ1) is 12.1. The Hall–Kier alpha value is -2.38. The lowest BCUT2D eigenvalue weighted by molar-refractivity contribution is 0.126. The Kier molecular flexibility index (Phi) is 5.67. The molecule has 0 amide bonds. The number of hydrogen-bond donors (Lipinski definition) is 1. The van der Waals surface area contributed by atoms with Gasteiger partial charge in [-0.15, -0.1) is 10.2 Å². The van der Waals surface area contributed by atoms with Crippen molar-refractivity contribution in [2.75, 3.05) is 12.4 Å². The van der Waals surface area contributed by atoms with E-state index in [0.717, 1.165) is 11.3 Å². The van der Waals surface area contributed by atoms with E-state index in [1.54, 1.807) is 12.1 Å². The number of aromatic nitrogens is 3. The van der Waals surface area contributed by atoms with Crippen LogP contribution in [-0.2, 0) is 7.05 Å². The summed E-state index contributed by atoms with van der Waals surface area (Å²) in [6, 6.07) is 15.5. The second-order valence-electron chi connectivity index (χ2n) is 5.46. The van der Waals surface area contributed by atoms with Gasteiger partial charge in [-0.2, -0.15) is 0 Å². The van der Waals surface area contributed by atoms with Crippen molar-refractivity contribution in [2.24, 2.45) is 7.05 Å². The van der Waals surface area contributed by atoms with Crippen LogP contribution in [0.3, 0.4) is 0 Å². The molecule has 0 spiro atoms. The molecule has 0 aliphatic heterocycles. The van der Waals surface area contributed by atoms with E-state index in [4.69, 9.17) is 4.74 Å². The summed E-state index contributed by atoms with van der Waals surface area (Å²) in [6.07, 6.45) is -0.629. The summed E-state index contributed by atoms with van der Waals surface area (Å²) in [5.74, 6) is 1.52. The molecular weight excluding hydrogens is 341 g/mol. The number of rotatable bonds is 7. The largest absolute Gasteiger partial charge is 0.491 e. The normalized spacial score (nSPS) is 12.1. The lowest BCUT2D eigenvalue weighted by atomic mass is 10.2. The second-order valence-corrected chi connectivity index (χ2v) is 6.45. The summed E-state index contributed by atoms with van der Waals surface area (Å²) < 4.78 is 20.4. The molecule has 0 radical (unpaired) electrons. The van der Waals surface area contributed by atoms with Crippen LogP contribution in [-0.4, -0.2) is 38.3 Å². The van der Waals surface area contributed by atoms with E-state index in [1.807, 2.05) is 41.9 Å². The molecule has 3 aromatic rings. The van der Waals surface area contributed by atoms with Crippen LogP contribution in [0.1, 0.15) is 0 Å². The number of hydrogen-bond acceptors (Lipinski definition) is 5. The first-order valence-electron chi connectivity index (χ1n) is 7.77. The SMILES string of the molecule is Cn1c(SC[C@H](O)COc2ccccc2)nnc1-c1ccc(F)cc1. The van der Waals surface area contributed by atoms with Gasteiger partial charge in [0.15, 0.2) is 11.0 Å². The maximum Gasteiger partial charge on any atom is 0.191 e. The van der Waals surface area contributed by atoms with Gasteiger partial charge in [0, 0.05) is 18.4 Å². The fraction of sp³-hybridized carbons (Fsp3) is 0.222. The van der Waals surface area contributed by atoms with Gasteiger partial charge in [0.05, 0.1) is 6.10 Å². The summed E-state index contributed by atoms with van der Waals surface area (Å²) >= 11 is 1.39. The molecule has 0 bridgehead atoms. The number of thioether (sulfide) groups is 1. The molecule has 0 aliphatic rings. The Morgan fingerprint density at radius 1 is 1.12 bits per heavy atom. The average molecular weight is 359 g/mol. The van der Waals surface area contributed by atoms with E-state index in [-0.39, 0.29) is 12.4 Å². The maximum atomic E-state index is 13.0. The van der Waals surface area contributed by atoms with Crippen molar-refractivity contribution in [3.8, 4) is 17.1 Å². The Labute approximate surface area is 149 Å². The number of ether oxygens (including phenoxy) is 1. The van der Waals surface area contributed by atoms with Gasteiger partial charge in [0.1, 0.15) is 18.2 Å². The third kappa shape index (κ3) is 4.58. The summed E-state index contributed by atoms with van der Waals surface area (Å²) in [6.45, 7) is 0.208. The Morgan fingerprint density at radius 2 is 1.84 bits per heavy atom. The molecule has 25 heavy (non-hydrogen) atoms. The minimum Gasteiger partial charge on any atom is -0.491 e. The number of benzene rings is 2. The number of halogens is 1. The third-order valence-corrected chi connectivity index (χ3v) is 4.69. The molecule has 1 aromatic heterocycles. The van der Waals surface area contributed by atoms with Crippen LogP contribution in [0, 0.1) is 5.82 Å². The summed E-state index contributed by atoms with van der Waals surface area (Å²) in [5.41, 5.74) is 0.788. The van der Waals surface area contributed by atoms with Gasteiger partial charge in [-0.3, -0.25) is 0 Å². The third-order valence-electron chi connectivity index (χ3n) is 3.53. The number of aliphatic hydroxyl groups excluding tert-OH is 1. The van der Waals surface area contributed by atoms with E-state index in [0.29, 0.717) is 16.7 Å². The lowest BCUT2D eigenvalue weighted by Gasteiger charge is -2.11. The van der Waals surface area contributed by atoms with Crippen LogP contribution in [0.5, 0.6) is 5.75 Å². The summed E-state index contributed by atoms with van der Waals surface area (Å²) in [4.78, 5) is 0. The molecule has 1 N–H and O–H groups in total. The Bertz CT molecular complexity index is 809. The summed E-state index contributed by atoms with van der Waals surface area (Å²) in [5, 5.41) is 19.0. The lowest BCUT2D eigenvalue weighted by Crippen LogP contribution is -2.20. The molecule has 1 atom stereocenters. The highest BCUT2D eigenvalue weighted by molar-refractivity contribution is 7.99. The molecule has 0 saturated carbocycles. The highest BCUT2D eigenvalue weighted by Gasteiger charge is 2.14. The molecule has 3 rings (SSSR count). The number of nitrogens with zero attached hydrogens (tertiary/aromatic N) is 3. The van der Waals surface area contributed by atoms with Crippen molar-refractivity contribution in [1.82, 2.24) is 14.8 Å². The molecule has 0 unspecified atom stereocenters. The highest BCUT2D eigenvalue weighted by Crippen LogP contribution is 2.23. The number of aliphatic hydroxyl groups is 1. The standard InChI is InChI=1S/C18H18FN3O2S/c1-22-17(13-7-9-14(19)10-8-13)20-21-18(22)25-12-15(23)11-24-16-5-3-2-4-6-16/h2-10,15,23H,11-12H2,1H3/t15-/m1/s1. The fourth-order valence-electron chi connectivity index (χ4n) is 2.22. The van der Waals surface area contributed by atoms with Crippen molar-refractivity contribution in [3.63, 3.8) is 0 Å². The van der Waals surface area contributed by atoms with Gasteiger partial charge >= 0.3 is 0 Å². The highest BCUT2D eigenvalue weighted by atomic mass is 32.2. The molecule has 5 nitrogen and oxygen atoms in total. The maximum absolute atomic E-state index is 13.0. The van der Waals surface area contributed by atoms with E-state index in [9.17, 15) is 9.50 Å². The van der Waals surface area contributed by atoms with Crippen molar-refractivity contribution < 1.29 is 14.2 Å². The molecule has 130 valence electrons. The molecule has 0 fully saturated rings. The molecule has 2 aromatic carbocycles. The van der Waals surface area contributed by atoms with Crippen LogP contribution in [0.25, 0.3) is 11.4 Å². The Morgan fingerprint density at radius 3 is 2.56 bits per heavy atom. The molecule has 1 heterocycles. The zero-order valence-electron chi connectivity index (χ0n) is 13.7. The van der Waals surface area contributed by atoms with Crippen molar-refractivity contribution in [1.29, 1.82) is 0 Å². The number of para-hydroxylation sites is 1. The van der Waals surface area contributed by atoms with E-state index >= 15 is 0 Å². The van der Waals surface area contributed by atoms with Crippen LogP contribution < -0.4 is 4.74 Å². The second kappa shape index (κ2) is 8.13. The molecular formula is C18H18FN3O2S. The molecule has 0 aliphatic carbocycles. The van der Waals surface area contributed by atoms with Gasteiger partial charge in [-0.25, -0.2) is 4.39 Å². The van der Waals surface area contributed by atoms with Crippen molar-refractivity contribution in [3.05, 3.63) is 60.4 Å². The summed E-state index contributed by atoms with van der Waals surface area (Å²) in [7, 11) is 1.84. The van der Waals surface area contributed by atoms with Crippen molar-refractivity contribution in [2.45, 2.75) is 11.3 Å². The zero-order chi connectivity index (χ0) is 17.6. The van der Waals surface area contributed by atoms with E-state index in [2.05, 4.69) is 10.2 Å². The predicted molar refractivity (Wildman–Crippen MR) is 95.1 cm³/mol. The van der Waals surface area contributed by atoms with Crippen LogP contribution in [0.2, 0.25) is 0 Å². The fourth-order valence-corrected chi connectivity index (χ4v) is 3.04. The monoisotopic (exact) mass is 359 g/mol. The van der Waals surface area contributed by atoms with E-state index in [1.165, 1.54) is 23.9 Å². The molecule has 7 heteroatoms. The van der Waals surface area contributed by atoms with Crippen molar-refractivity contribution >= 4 is 11.8 Å². The van der Waals surface area contributed by atoms with Gasteiger partial charge in [0.25, 0.3) is 0 Å². The first-order valence-corrected chi connectivity index (χ1v) is 8.76. The Balaban J connectivity index is 1.55. The van der Waals surface area contributed by atoms with Gasteiger partial charge in [0.2, 0.25) is 0 Å². The van der Waals surface area contributed by atoms with Crippen LogP contribution in [0.15, 0.2) is 59.8 Å². The first kappa shape index (κ1) is 17.4. The van der Waals surface area contributed by atoms with Gasteiger partial charge in [-0.05, 0) is 36.4 Å². The topological polar surface area (TPSA) is 60.2 Å². The minimum atomic E-state index is -0.629. The van der Waals surface area contributed by atoms with E-state index < -0.39 is 6.10 Å². The predicted octanol–water partition coefficient (Wildman–Crippen LogP) is 3.15. The van der Waals surface area contributed by atoms with Crippen LogP contribution in [0.4, 0.5) is 4.39 Å². The smallest absolute Gasteiger partial charge is 0.191 e. The quantitative estimate of drug-likeness (QED) is 0.657. The van der Waals surface area contributed by atoms with Crippen LogP contribution >= 0.6 is 11.8 Å². The average Bonchev–Trinajstić information content (AvgIpc) is 3.00. The minimum absolute atomic E-state index is 0.208.